The number of nitrogens with one attached hydrogen (secondary N) is 1. The van der Waals surface area contributed by atoms with E-state index in [1.54, 1.807) is 4.68 Å². The number of nitrogens with zero attached hydrogens (tertiary/aromatic N) is 2. The summed E-state index contributed by atoms with van der Waals surface area (Å²) >= 11 is 0. The lowest BCUT2D eigenvalue weighted by molar-refractivity contribution is 0.297. The van der Waals surface area contributed by atoms with Crippen molar-refractivity contribution in [3.63, 3.8) is 0 Å². The molecule has 1 saturated carbocycles. The van der Waals surface area contributed by atoms with Crippen molar-refractivity contribution in [2.75, 3.05) is 0 Å². The van der Waals surface area contributed by atoms with E-state index in [1.807, 2.05) is 0 Å². The number of hydrogen-bond acceptors (Lipinski definition) is 3. The first kappa shape index (κ1) is 13.4. The molecular weight excluding hydrogens is 288 g/mol. The van der Waals surface area contributed by atoms with E-state index in [0.29, 0.717) is 11.8 Å². The fraction of sp³-hybridized carbons (Fsp3) is 0.375. The van der Waals surface area contributed by atoms with Crippen molar-refractivity contribution in [3.8, 4) is 5.69 Å². The highest BCUT2D eigenvalue weighted by molar-refractivity contribution is 5.47. The van der Waals surface area contributed by atoms with Gasteiger partial charge in [-0.2, -0.15) is 5.10 Å². The molecule has 114 valence electrons. The first-order valence-corrected chi connectivity index (χ1v) is 7.36. The lowest BCUT2D eigenvalue weighted by atomic mass is 9.95. The number of halogens is 2. The monoisotopic (exact) mass is 303 g/mol. The fourth-order valence-corrected chi connectivity index (χ4v) is 3.88. The summed E-state index contributed by atoms with van der Waals surface area (Å²) in [6, 6.07) is 3.54. The van der Waals surface area contributed by atoms with Gasteiger partial charge in [0, 0.05) is 17.5 Å². The minimum atomic E-state index is -0.618. The van der Waals surface area contributed by atoms with Crippen molar-refractivity contribution in [1.29, 1.82) is 5.41 Å². The number of aromatic nitrogens is 2. The molecule has 1 aromatic heterocycles. The smallest absolute Gasteiger partial charge is 0.167 e. The van der Waals surface area contributed by atoms with Crippen molar-refractivity contribution in [2.45, 2.75) is 37.7 Å². The third-order valence-corrected chi connectivity index (χ3v) is 4.70. The lowest BCUT2D eigenvalue weighted by Crippen LogP contribution is -2.07. The highest BCUT2D eigenvalue weighted by Gasteiger charge is 2.43. The molecule has 0 saturated heterocycles. The molecule has 0 unspecified atom stereocenters. The third kappa shape index (κ3) is 1.86. The first-order chi connectivity index (χ1) is 10.7. The maximum Gasteiger partial charge on any atom is 0.167 e. The SMILES string of the molecule is N=COCc1nn(-c2ccc(F)cc2F)c2c1[C@@H]1CC[C@H]2C1. The number of fused-ring (bicyclic) bond motifs is 5. The van der Waals surface area contributed by atoms with E-state index in [2.05, 4.69) is 5.10 Å². The van der Waals surface area contributed by atoms with Crippen molar-refractivity contribution in [3.05, 3.63) is 46.8 Å². The molecule has 2 bridgehead atoms. The van der Waals surface area contributed by atoms with Gasteiger partial charge in [0.25, 0.3) is 0 Å². The molecule has 4 nitrogen and oxygen atoms in total. The van der Waals surface area contributed by atoms with Gasteiger partial charge in [0.05, 0.1) is 5.69 Å². The molecule has 0 amide bonds. The van der Waals surface area contributed by atoms with Crippen LogP contribution in [0.1, 0.15) is 48.0 Å². The van der Waals surface area contributed by atoms with Crippen LogP contribution in [0.3, 0.4) is 0 Å². The summed E-state index contributed by atoms with van der Waals surface area (Å²) < 4.78 is 34.0. The number of hydrogen-bond donors (Lipinski definition) is 1. The van der Waals surface area contributed by atoms with Gasteiger partial charge in [-0.15, -0.1) is 0 Å². The van der Waals surface area contributed by atoms with E-state index in [0.717, 1.165) is 48.7 Å². The topological polar surface area (TPSA) is 50.9 Å². The van der Waals surface area contributed by atoms with Crippen LogP contribution in [-0.4, -0.2) is 16.2 Å². The second-order valence-electron chi connectivity index (χ2n) is 5.89. The highest BCUT2D eigenvalue weighted by atomic mass is 19.1. The summed E-state index contributed by atoms with van der Waals surface area (Å²) in [5, 5.41) is 11.5. The van der Waals surface area contributed by atoms with Crippen molar-refractivity contribution in [1.82, 2.24) is 9.78 Å². The van der Waals surface area contributed by atoms with Crippen molar-refractivity contribution < 1.29 is 13.5 Å². The quantitative estimate of drug-likeness (QED) is 0.692. The van der Waals surface area contributed by atoms with E-state index in [4.69, 9.17) is 10.1 Å². The molecule has 1 N–H and O–H groups in total. The van der Waals surface area contributed by atoms with Gasteiger partial charge in [-0.05, 0) is 37.3 Å². The third-order valence-electron chi connectivity index (χ3n) is 4.70. The molecule has 6 heteroatoms. The van der Waals surface area contributed by atoms with E-state index in [-0.39, 0.29) is 12.3 Å². The zero-order valence-corrected chi connectivity index (χ0v) is 11.9. The van der Waals surface area contributed by atoms with Crippen LogP contribution >= 0.6 is 0 Å². The van der Waals surface area contributed by atoms with Gasteiger partial charge >= 0.3 is 0 Å². The van der Waals surface area contributed by atoms with Crippen LogP contribution in [0.5, 0.6) is 0 Å². The van der Waals surface area contributed by atoms with Gasteiger partial charge in [0.15, 0.2) is 12.2 Å². The summed E-state index contributed by atoms with van der Waals surface area (Å²) in [6.45, 7) is 0.213. The van der Waals surface area contributed by atoms with Gasteiger partial charge in [-0.3, -0.25) is 5.41 Å². The average molecular weight is 303 g/mol. The van der Waals surface area contributed by atoms with Crippen LogP contribution in [0.2, 0.25) is 0 Å². The van der Waals surface area contributed by atoms with Crippen LogP contribution in [0.25, 0.3) is 5.69 Å². The second-order valence-corrected chi connectivity index (χ2v) is 5.89. The van der Waals surface area contributed by atoms with Gasteiger partial charge in [0.2, 0.25) is 0 Å². The molecule has 2 aliphatic carbocycles. The van der Waals surface area contributed by atoms with Crippen LogP contribution in [0, 0.1) is 17.0 Å². The Morgan fingerprint density at radius 3 is 2.91 bits per heavy atom. The Hall–Kier alpha value is -2.24. The van der Waals surface area contributed by atoms with Crippen LogP contribution < -0.4 is 0 Å². The van der Waals surface area contributed by atoms with Crippen molar-refractivity contribution >= 4 is 6.40 Å². The molecule has 4 rings (SSSR count). The normalized spacial score (nSPS) is 21.9. The standard InChI is InChI=1S/C16H15F2N3O/c17-11-3-4-14(12(18)6-11)21-16-10-2-1-9(5-10)15(16)13(20-21)7-22-8-19/h3-4,6,8-10,19H,1-2,5,7H2/t9-,10+/m1/s1. The van der Waals surface area contributed by atoms with E-state index in [9.17, 15) is 8.78 Å². The Labute approximate surface area is 126 Å². The molecule has 1 heterocycles. The van der Waals surface area contributed by atoms with E-state index >= 15 is 0 Å². The molecule has 0 spiro atoms. The molecule has 0 radical (unpaired) electrons. The molecule has 22 heavy (non-hydrogen) atoms. The maximum atomic E-state index is 14.1. The van der Waals surface area contributed by atoms with Crippen LogP contribution in [0.4, 0.5) is 8.78 Å². The predicted octanol–water partition coefficient (Wildman–Crippen LogP) is 3.64. The zero-order chi connectivity index (χ0) is 15.3. The Morgan fingerprint density at radius 2 is 2.14 bits per heavy atom. The largest absolute Gasteiger partial charge is 0.477 e. The van der Waals surface area contributed by atoms with Gasteiger partial charge < -0.3 is 4.74 Å². The van der Waals surface area contributed by atoms with Crippen molar-refractivity contribution in [2.24, 2.45) is 0 Å². The molecular formula is C16H15F2N3O. The first-order valence-electron chi connectivity index (χ1n) is 7.36. The summed E-state index contributed by atoms with van der Waals surface area (Å²) in [6.07, 6.45) is 4.15. The fourth-order valence-electron chi connectivity index (χ4n) is 3.88. The second kappa shape index (κ2) is 4.90. The molecule has 1 aromatic carbocycles. The Kier molecular flexibility index (Phi) is 2.99. The lowest BCUT2D eigenvalue weighted by Gasteiger charge is -2.14. The average Bonchev–Trinajstić information content (AvgIpc) is 3.17. The zero-order valence-electron chi connectivity index (χ0n) is 11.9. The van der Waals surface area contributed by atoms with E-state index in [1.165, 1.54) is 12.1 Å². The molecule has 1 fully saturated rings. The minimum absolute atomic E-state index is 0.213. The number of rotatable bonds is 4. The summed E-state index contributed by atoms with van der Waals surface area (Å²) in [4.78, 5) is 0. The van der Waals surface area contributed by atoms with Gasteiger partial charge in [-0.1, -0.05) is 0 Å². The number of benzene rings is 1. The number of ether oxygens (including phenoxy) is 1. The molecule has 2 aliphatic rings. The Morgan fingerprint density at radius 1 is 1.32 bits per heavy atom. The summed E-state index contributed by atoms with van der Waals surface area (Å²) in [5.41, 5.74) is 3.20. The Bertz CT molecular complexity index is 756. The molecule has 2 atom stereocenters. The minimum Gasteiger partial charge on any atom is -0.477 e. The summed E-state index contributed by atoms with van der Waals surface area (Å²) in [7, 11) is 0. The van der Waals surface area contributed by atoms with Gasteiger partial charge in [-0.25, -0.2) is 13.5 Å². The Balaban J connectivity index is 1.86. The van der Waals surface area contributed by atoms with Gasteiger partial charge in [0.1, 0.15) is 23.8 Å². The van der Waals surface area contributed by atoms with Crippen LogP contribution in [0.15, 0.2) is 18.2 Å². The van der Waals surface area contributed by atoms with Crippen LogP contribution in [-0.2, 0) is 11.3 Å². The molecule has 0 aliphatic heterocycles. The maximum absolute atomic E-state index is 14.1. The molecule has 2 aromatic rings. The van der Waals surface area contributed by atoms with E-state index < -0.39 is 11.6 Å². The summed E-state index contributed by atoms with van der Waals surface area (Å²) in [5.74, 6) is -0.390. The highest BCUT2D eigenvalue weighted by Crippen LogP contribution is 2.54. The predicted molar refractivity (Wildman–Crippen MR) is 76.4 cm³/mol.